The van der Waals surface area contributed by atoms with Crippen molar-refractivity contribution in [3.63, 3.8) is 0 Å². The van der Waals surface area contributed by atoms with E-state index in [0.717, 1.165) is 0 Å². The molecule has 0 aliphatic carbocycles. The van der Waals surface area contributed by atoms with Gasteiger partial charge in [-0.05, 0) is 40.7 Å². The van der Waals surface area contributed by atoms with E-state index in [1.54, 1.807) is 34.6 Å². The molecule has 0 unspecified atom stereocenters. The number of hydrogen-bond acceptors (Lipinski definition) is 9. The molecule has 2 aliphatic rings. The molecular weight excluding hydrogens is 367 g/mol. The fourth-order valence-corrected chi connectivity index (χ4v) is 4.41. The molecule has 0 aromatic rings. The second kappa shape index (κ2) is 8.19. The molecule has 3 atom stereocenters. The van der Waals surface area contributed by atoms with Gasteiger partial charge in [-0.3, -0.25) is 4.57 Å². The maximum Gasteiger partial charge on any atom is 0.368 e. The first kappa shape index (κ1) is 21.1. The summed E-state index contributed by atoms with van der Waals surface area (Å²) in [5, 5.41) is -0.324. The van der Waals surface area contributed by atoms with Gasteiger partial charge in [0.05, 0.1) is 19.8 Å². The summed E-state index contributed by atoms with van der Waals surface area (Å²) in [6, 6.07) is 0. The summed E-state index contributed by atoms with van der Waals surface area (Å²) < 4.78 is 45.0. The smallest absolute Gasteiger partial charge is 0.368 e. The predicted octanol–water partition coefficient (Wildman–Crippen LogP) is 2.14. The normalized spacial score (nSPS) is 28.0. The van der Waals surface area contributed by atoms with Crippen LogP contribution in [0.2, 0.25) is 0 Å². The Kier molecular flexibility index (Phi) is 6.63. The highest BCUT2D eigenvalue weighted by Gasteiger charge is 2.56. The van der Waals surface area contributed by atoms with Gasteiger partial charge >= 0.3 is 19.5 Å². The molecule has 0 saturated carbocycles. The number of rotatable bonds is 8. The molecule has 2 aliphatic heterocycles. The van der Waals surface area contributed by atoms with Gasteiger partial charge in [-0.1, -0.05) is 0 Å². The third-order valence-corrected chi connectivity index (χ3v) is 5.76. The van der Waals surface area contributed by atoms with Gasteiger partial charge in [-0.15, -0.1) is 0 Å². The first-order valence-corrected chi connectivity index (χ1v) is 10.1. The van der Waals surface area contributed by atoms with Crippen molar-refractivity contribution in [2.45, 2.75) is 58.7 Å². The number of carbonyl (C=O) groups is 2. The molecule has 148 valence electrons. The summed E-state index contributed by atoms with van der Waals surface area (Å²) in [4.78, 5) is 24.4. The number of cyclic esters (lactones) is 1. The molecular formula is C16H25O9P. The summed E-state index contributed by atoms with van der Waals surface area (Å²) in [5.41, 5.74) is 0. The standard InChI is InChI=1S/C16H25O9P/c1-6-20-14(17)11(26(19,21-7-2)22-8-3)9-10-12-13(15(18)23-10)25-16(4,5)24-12/h9-10,12-13H,6-8H2,1-5H3/b11-9+/t10-,12+,13+/m1/s1. The third-order valence-electron chi connectivity index (χ3n) is 3.64. The van der Waals surface area contributed by atoms with Gasteiger partial charge in [0, 0.05) is 0 Å². The summed E-state index contributed by atoms with van der Waals surface area (Å²) in [5.74, 6) is -2.46. The van der Waals surface area contributed by atoms with E-state index in [1.807, 2.05) is 0 Å². The molecule has 0 amide bonds. The molecule has 0 bridgehead atoms. The Morgan fingerprint density at radius 3 is 2.31 bits per heavy atom. The van der Waals surface area contributed by atoms with Crippen LogP contribution >= 0.6 is 7.60 Å². The molecule has 0 spiro atoms. The van der Waals surface area contributed by atoms with Crippen molar-refractivity contribution < 1.29 is 42.1 Å². The highest BCUT2D eigenvalue weighted by atomic mass is 31.2. The molecule has 0 aromatic heterocycles. The van der Waals surface area contributed by atoms with E-state index < -0.39 is 43.6 Å². The van der Waals surface area contributed by atoms with Gasteiger partial charge in [0.1, 0.15) is 11.4 Å². The van der Waals surface area contributed by atoms with Crippen molar-refractivity contribution in [3.05, 3.63) is 11.4 Å². The topological polar surface area (TPSA) is 107 Å². The third kappa shape index (κ3) is 4.35. The van der Waals surface area contributed by atoms with Crippen LogP contribution in [0.5, 0.6) is 0 Å². The van der Waals surface area contributed by atoms with Crippen molar-refractivity contribution >= 4 is 19.5 Å². The monoisotopic (exact) mass is 392 g/mol. The number of carbonyl (C=O) groups excluding carboxylic acids is 2. The Morgan fingerprint density at radius 1 is 1.15 bits per heavy atom. The lowest BCUT2D eigenvalue weighted by atomic mass is 10.1. The van der Waals surface area contributed by atoms with E-state index in [2.05, 4.69) is 0 Å². The Morgan fingerprint density at radius 2 is 1.77 bits per heavy atom. The van der Waals surface area contributed by atoms with Crippen molar-refractivity contribution in [2.75, 3.05) is 19.8 Å². The Hall–Kier alpha value is -1.25. The van der Waals surface area contributed by atoms with Crippen LogP contribution in [0.15, 0.2) is 11.4 Å². The van der Waals surface area contributed by atoms with Crippen molar-refractivity contribution in [2.24, 2.45) is 0 Å². The highest BCUT2D eigenvalue weighted by Crippen LogP contribution is 2.57. The minimum atomic E-state index is -3.96. The van der Waals surface area contributed by atoms with E-state index in [1.165, 1.54) is 6.08 Å². The van der Waals surface area contributed by atoms with Crippen LogP contribution in [-0.2, 0) is 42.1 Å². The van der Waals surface area contributed by atoms with Gasteiger partial charge in [0.25, 0.3) is 0 Å². The summed E-state index contributed by atoms with van der Waals surface area (Å²) in [6.07, 6.45) is -1.47. The van der Waals surface area contributed by atoms with E-state index >= 15 is 0 Å². The van der Waals surface area contributed by atoms with Crippen molar-refractivity contribution in [1.29, 1.82) is 0 Å². The van der Waals surface area contributed by atoms with Gasteiger partial charge in [-0.25, -0.2) is 9.59 Å². The second-order valence-electron chi connectivity index (χ2n) is 6.03. The minimum absolute atomic E-state index is 0.0528. The van der Waals surface area contributed by atoms with Gasteiger partial charge in [-0.2, -0.15) is 0 Å². The molecule has 26 heavy (non-hydrogen) atoms. The van der Waals surface area contributed by atoms with Crippen molar-refractivity contribution in [3.8, 4) is 0 Å². The Balaban J connectivity index is 2.40. The van der Waals surface area contributed by atoms with Crippen molar-refractivity contribution in [1.82, 2.24) is 0 Å². The number of fused-ring (bicyclic) bond motifs is 1. The zero-order valence-electron chi connectivity index (χ0n) is 15.6. The average Bonchev–Trinajstić information content (AvgIpc) is 3.00. The zero-order chi connectivity index (χ0) is 19.5. The largest absolute Gasteiger partial charge is 0.462 e. The molecule has 0 aromatic carbocycles. The molecule has 2 heterocycles. The first-order chi connectivity index (χ1) is 12.2. The predicted molar refractivity (Wildman–Crippen MR) is 89.3 cm³/mol. The van der Waals surface area contributed by atoms with Crippen LogP contribution < -0.4 is 0 Å². The maximum absolute atomic E-state index is 13.1. The summed E-state index contributed by atoms with van der Waals surface area (Å²) in [6.45, 7) is 8.36. The van der Waals surface area contributed by atoms with E-state index in [9.17, 15) is 14.2 Å². The molecule has 2 fully saturated rings. The van der Waals surface area contributed by atoms with Gasteiger partial charge < -0.3 is 28.0 Å². The molecule has 9 nitrogen and oxygen atoms in total. The fraction of sp³-hybridized carbons (Fsp3) is 0.750. The van der Waals surface area contributed by atoms with E-state index in [-0.39, 0.29) is 25.1 Å². The number of esters is 2. The lowest BCUT2D eigenvalue weighted by Gasteiger charge is -2.22. The second-order valence-corrected chi connectivity index (χ2v) is 8.02. The van der Waals surface area contributed by atoms with Gasteiger partial charge in [0.2, 0.25) is 0 Å². The van der Waals surface area contributed by atoms with Gasteiger partial charge in [0.15, 0.2) is 18.0 Å². The summed E-state index contributed by atoms with van der Waals surface area (Å²) >= 11 is 0. The molecule has 2 saturated heterocycles. The van der Waals surface area contributed by atoms with E-state index in [4.69, 9.17) is 28.0 Å². The molecule has 0 N–H and O–H groups in total. The highest BCUT2D eigenvalue weighted by molar-refractivity contribution is 7.59. The molecule has 0 radical (unpaired) electrons. The lowest BCUT2D eigenvalue weighted by molar-refractivity contribution is -0.183. The lowest BCUT2D eigenvalue weighted by Crippen LogP contribution is -2.29. The van der Waals surface area contributed by atoms with Crippen LogP contribution in [0.3, 0.4) is 0 Å². The summed E-state index contributed by atoms with van der Waals surface area (Å²) in [7, 11) is -3.96. The minimum Gasteiger partial charge on any atom is -0.462 e. The average molecular weight is 392 g/mol. The quantitative estimate of drug-likeness (QED) is 0.349. The van der Waals surface area contributed by atoms with Crippen LogP contribution in [0.25, 0.3) is 0 Å². The van der Waals surface area contributed by atoms with Crippen LogP contribution in [-0.4, -0.2) is 55.9 Å². The number of hydrogen-bond donors (Lipinski definition) is 0. The Labute approximate surface area is 152 Å². The SMILES string of the molecule is CCOC(=O)/C(=C\[C@H]1OC(=O)[C@H]2OC(C)(C)O[C@H]21)P(=O)(OCC)OCC. The maximum atomic E-state index is 13.1. The Bertz CT molecular complexity index is 617. The van der Waals surface area contributed by atoms with Crippen LogP contribution in [0.1, 0.15) is 34.6 Å². The zero-order valence-corrected chi connectivity index (χ0v) is 16.4. The molecule has 2 rings (SSSR count). The van der Waals surface area contributed by atoms with Crippen LogP contribution in [0, 0.1) is 0 Å². The first-order valence-electron chi connectivity index (χ1n) is 8.52. The number of ether oxygens (including phenoxy) is 4. The molecule has 10 heteroatoms. The fourth-order valence-electron chi connectivity index (χ4n) is 2.76. The van der Waals surface area contributed by atoms with E-state index in [0.29, 0.717) is 0 Å². The van der Waals surface area contributed by atoms with Crippen LogP contribution in [0.4, 0.5) is 0 Å².